The van der Waals surface area contributed by atoms with Crippen molar-refractivity contribution in [1.29, 1.82) is 5.26 Å². The second kappa shape index (κ2) is 4.47. The maximum absolute atomic E-state index is 9.00. The largest absolute Gasteiger partial charge is 0.234 e. The molecule has 4 heteroatoms. The van der Waals surface area contributed by atoms with E-state index in [0.29, 0.717) is 10.7 Å². The standard InChI is InChI=1S/C14H14ClN3/c1-14(2,3)13-8-10(9-16)17-18(13)12-7-5-4-6-11(12)15/h4-8H,1-3H3. The van der Waals surface area contributed by atoms with Gasteiger partial charge in [0, 0.05) is 5.41 Å². The first-order valence-electron chi connectivity index (χ1n) is 5.69. The highest BCUT2D eigenvalue weighted by Crippen LogP contribution is 2.28. The summed E-state index contributed by atoms with van der Waals surface area (Å²) < 4.78 is 1.75. The Morgan fingerprint density at radius 1 is 1.28 bits per heavy atom. The van der Waals surface area contributed by atoms with Gasteiger partial charge in [-0.1, -0.05) is 44.5 Å². The zero-order valence-corrected chi connectivity index (χ0v) is 11.4. The molecule has 0 atom stereocenters. The molecule has 1 heterocycles. The van der Waals surface area contributed by atoms with Crippen molar-refractivity contribution in [2.75, 3.05) is 0 Å². The number of benzene rings is 1. The second-order valence-corrected chi connectivity index (χ2v) is 5.55. The van der Waals surface area contributed by atoms with E-state index < -0.39 is 0 Å². The smallest absolute Gasteiger partial charge is 0.163 e. The first kappa shape index (κ1) is 12.7. The third kappa shape index (κ3) is 2.25. The molecule has 0 saturated carbocycles. The highest BCUT2D eigenvalue weighted by atomic mass is 35.5. The first-order chi connectivity index (χ1) is 8.43. The Hall–Kier alpha value is -1.79. The van der Waals surface area contributed by atoms with Crippen molar-refractivity contribution in [1.82, 2.24) is 9.78 Å². The first-order valence-corrected chi connectivity index (χ1v) is 6.07. The minimum atomic E-state index is -0.110. The van der Waals surface area contributed by atoms with Crippen LogP contribution in [-0.2, 0) is 5.41 Å². The summed E-state index contributed by atoms with van der Waals surface area (Å²) >= 11 is 6.19. The van der Waals surface area contributed by atoms with Crippen LogP contribution in [-0.4, -0.2) is 9.78 Å². The van der Waals surface area contributed by atoms with E-state index in [1.807, 2.05) is 30.3 Å². The molecule has 0 aliphatic rings. The van der Waals surface area contributed by atoms with Crippen molar-refractivity contribution >= 4 is 11.6 Å². The lowest BCUT2D eigenvalue weighted by molar-refractivity contribution is 0.544. The highest BCUT2D eigenvalue weighted by Gasteiger charge is 2.22. The molecule has 0 unspecified atom stereocenters. The number of nitrogens with zero attached hydrogens (tertiary/aromatic N) is 3. The quantitative estimate of drug-likeness (QED) is 0.784. The molecular formula is C14H14ClN3. The van der Waals surface area contributed by atoms with E-state index in [1.54, 1.807) is 4.68 Å². The molecule has 2 aromatic rings. The van der Waals surface area contributed by atoms with Gasteiger partial charge in [0.2, 0.25) is 0 Å². The van der Waals surface area contributed by atoms with Gasteiger partial charge in [0.25, 0.3) is 0 Å². The Bertz CT molecular complexity index is 615. The number of rotatable bonds is 1. The fourth-order valence-electron chi connectivity index (χ4n) is 1.78. The summed E-state index contributed by atoms with van der Waals surface area (Å²) in [6.07, 6.45) is 0. The fourth-order valence-corrected chi connectivity index (χ4v) is 1.99. The van der Waals surface area contributed by atoms with Crippen LogP contribution in [0, 0.1) is 11.3 Å². The van der Waals surface area contributed by atoms with Crippen LogP contribution in [0.5, 0.6) is 0 Å². The molecule has 3 nitrogen and oxygen atoms in total. The molecule has 0 spiro atoms. The van der Waals surface area contributed by atoms with Gasteiger partial charge in [-0.25, -0.2) is 4.68 Å². The van der Waals surface area contributed by atoms with E-state index in [2.05, 4.69) is 31.9 Å². The summed E-state index contributed by atoms with van der Waals surface area (Å²) in [6.45, 7) is 6.25. The summed E-state index contributed by atoms with van der Waals surface area (Å²) in [6, 6.07) is 11.4. The maximum Gasteiger partial charge on any atom is 0.163 e. The van der Waals surface area contributed by atoms with Crippen LogP contribution in [0.25, 0.3) is 5.69 Å². The molecule has 0 bridgehead atoms. The lowest BCUT2D eigenvalue weighted by Crippen LogP contribution is -2.17. The van der Waals surface area contributed by atoms with Gasteiger partial charge in [0.05, 0.1) is 16.4 Å². The molecule has 0 fully saturated rings. The summed E-state index contributed by atoms with van der Waals surface area (Å²) in [4.78, 5) is 0. The third-order valence-electron chi connectivity index (χ3n) is 2.67. The van der Waals surface area contributed by atoms with Crippen molar-refractivity contribution in [2.24, 2.45) is 0 Å². The van der Waals surface area contributed by atoms with Crippen LogP contribution < -0.4 is 0 Å². The summed E-state index contributed by atoms with van der Waals surface area (Å²) in [5.74, 6) is 0. The number of aromatic nitrogens is 2. The van der Waals surface area contributed by atoms with Crippen LogP contribution >= 0.6 is 11.6 Å². The lowest BCUT2D eigenvalue weighted by atomic mass is 9.92. The molecule has 1 aromatic heterocycles. The number of halogens is 1. The summed E-state index contributed by atoms with van der Waals surface area (Å²) in [5, 5.41) is 13.9. The monoisotopic (exact) mass is 259 g/mol. The van der Waals surface area contributed by atoms with Gasteiger partial charge in [-0.15, -0.1) is 0 Å². The Kier molecular flexibility index (Phi) is 3.14. The minimum absolute atomic E-state index is 0.110. The van der Waals surface area contributed by atoms with Crippen molar-refractivity contribution < 1.29 is 0 Å². The molecule has 0 saturated heterocycles. The van der Waals surface area contributed by atoms with E-state index in [9.17, 15) is 0 Å². The molecule has 92 valence electrons. The van der Waals surface area contributed by atoms with E-state index in [1.165, 1.54) is 0 Å². The molecule has 0 aliphatic heterocycles. The van der Waals surface area contributed by atoms with Gasteiger partial charge in [-0.2, -0.15) is 10.4 Å². The Balaban J connectivity index is 2.68. The van der Waals surface area contributed by atoms with Gasteiger partial charge in [-0.05, 0) is 18.2 Å². The van der Waals surface area contributed by atoms with E-state index >= 15 is 0 Å². The average molecular weight is 260 g/mol. The fraction of sp³-hybridized carbons (Fsp3) is 0.286. The molecule has 0 N–H and O–H groups in total. The van der Waals surface area contributed by atoms with Crippen LogP contribution in [0.1, 0.15) is 32.2 Å². The Morgan fingerprint density at radius 3 is 2.50 bits per heavy atom. The van der Waals surface area contributed by atoms with Gasteiger partial charge < -0.3 is 0 Å². The van der Waals surface area contributed by atoms with Crippen LogP contribution in [0.4, 0.5) is 0 Å². The predicted octanol–water partition coefficient (Wildman–Crippen LogP) is 3.69. The second-order valence-electron chi connectivity index (χ2n) is 5.14. The Morgan fingerprint density at radius 2 is 1.94 bits per heavy atom. The van der Waals surface area contributed by atoms with Crippen molar-refractivity contribution in [3.8, 4) is 11.8 Å². The molecule has 0 radical (unpaired) electrons. The van der Waals surface area contributed by atoms with Crippen LogP contribution in [0.2, 0.25) is 5.02 Å². The number of hydrogen-bond donors (Lipinski definition) is 0. The van der Waals surface area contributed by atoms with Gasteiger partial charge in [-0.3, -0.25) is 0 Å². The molecule has 2 rings (SSSR count). The van der Waals surface area contributed by atoms with E-state index in [4.69, 9.17) is 16.9 Å². The minimum Gasteiger partial charge on any atom is -0.234 e. The summed E-state index contributed by atoms with van der Waals surface area (Å²) in [5.41, 5.74) is 2.05. The van der Waals surface area contributed by atoms with Gasteiger partial charge in [0.1, 0.15) is 6.07 Å². The van der Waals surface area contributed by atoms with E-state index in [0.717, 1.165) is 11.4 Å². The van der Waals surface area contributed by atoms with E-state index in [-0.39, 0.29) is 5.41 Å². The average Bonchev–Trinajstić information content (AvgIpc) is 2.73. The topological polar surface area (TPSA) is 41.6 Å². The lowest BCUT2D eigenvalue weighted by Gasteiger charge is -2.20. The normalized spacial score (nSPS) is 11.3. The Labute approximate surface area is 112 Å². The van der Waals surface area contributed by atoms with Crippen LogP contribution in [0.15, 0.2) is 30.3 Å². The third-order valence-corrected chi connectivity index (χ3v) is 2.99. The maximum atomic E-state index is 9.00. The van der Waals surface area contributed by atoms with Crippen molar-refractivity contribution in [2.45, 2.75) is 26.2 Å². The predicted molar refractivity (Wildman–Crippen MR) is 72.0 cm³/mol. The molecular weight excluding hydrogens is 246 g/mol. The number of hydrogen-bond acceptors (Lipinski definition) is 2. The highest BCUT2D eigenvalue weighted by molar-refractivity contribution is 6.32. The van der Waals surface area contributed by atoms with Crippen molar-refractivity contribution in [3.05, 3.63) is 46.7 Å². The molecule has 0 amide bonds. The SMILES string of the molecule is CC(C)(C)c1cc(C#N)nn1-c1ccccc1Cl. The summed E-state index contributed by atoms with van der Waals surface area (Å²) in [7, 11) is 0. The van der Waals surface area contributed by atoms with Crippen molar-refractivity contribution in [3.63, 3.8) is 0 Å². The zero-order chi connectivity index (χ0) is 13.3. The van der Waals surface area contributed by atoms with Gasteiger partial charge >= 0.3 is 0 Å². The van der Waals surface area contributed by atoms with Gasteiger partial charge in [0.15, 0.2) is 5.69 Å². The number of para-hydroxylation sites is 1. The molecule has 0 aliphatic carbocycles. The zero-order valence-electron chi connectivity index (χ0n) is 10.6. The molecule has 1 aromatic carbocycles. The molecule has 18 heavy (non-hydrogen) atoms. The van der Waals surface area contributed by atoms with Crippen LogP contribution in [0.3, 0.4) is 0 Å². The number of nitriles is 1.